The average Bonchev–Trinajstić information content (AvgIpc) is 2.13. The number of allylic oxidation sites excluding steroid dienone is 2. The molecule has 1 aliphatic rings. The van der Waals surface area contributed by atoms with Crippen molar-refractivity contribution in [2.75, 3.05) is 0 Å². The molecule has 2 nitrogen and oxygen atoms in total. The molecule has 1 rings (SSSR count). The molecule has 0 heterocycles. The largest absolute Gasteiger partial charge is 0.475 e. The highest BCUT2D eigenvalue weighted by atomic mass is 16.5. The summed E-state index contributed by atoms with van der Waals surface area (Å²) in [6.45, 7) is 7.89. The van der Waals surface area contributed by atoms with Crippen LogP contribution in [0.5, 0.6) is 0 Å². The fraction of sp³-hybridized carbons (Fsp3) is 0.583. The lowest BCUT2D eigenvalue weighted by Gasteiger charge is -2.25. The standard InChI is InChI=1S/C12H19NO/c1-4-11(5-2)9-13-10(3)14-12-7-6-8-12/h4,9,12H,3,5-8H2,1-2H3/b11-4-,13-9?. The Hall–Kier alpha value is -1.05. The maximum Gasteiger partial charge on any atom is 0.205 e. The molecule has 0 aliphatic heterocycles. The predicted molar refractivity (Wildman–Crippen MR) is 60.4 cm³/mol. The normalized spacial score (nSPS) is 18.3. The quantitative estimate of drug-likeness (QED) is 0.484. The van der Waals surface area contributed by atoms with Crippen molar-refractivity contribution < 1.29 is 4.74 Å². The Labute approximate surface area is 86.4 Å². The number of rotatable bonds is 5. The molecule has 0 N–H and O–H groups in total. The minimum Gasteiger partial charge on any atom is -0.475 e. The molecule has 14 heavy (non-hydrogen) atoms. The van der Waals surface area contributed by atoms with Gasteiger partial charge >= 0.3 is 0 Å². The third-order valence-electron chi connectivity index (χ3n) is 2.51. The van der Waals surface area contributed by atoms with Crippen LogP contribution in [0.2, 0.25) is 0 Å². The highest BCUT2D eigenvalue weighted by Gasteiger charge is 2.18. The van der Waals surface area contributed by atoms with Crippen LogP contribution in [0.15, 0.2) is 29.1 Å². The highest BCUT2D eigenvalue weighted by molar-refractivity contribution is 5.78. The summed E-state index contributed by atoms with van der Waals surface area (Å²) >= 11 is 0. The third kappa shape index (κ3) is 3.36. The molecule has 0 spiro atoms. The Morgan fingerprint density at radius 1 is 1.57 bits per heavy atom. The minimum absolute atomic E-state index is 0.371. The van der Waals surface area contributed by atoms with Gasteiger partial charge < -0.3 is 4.74 Å². The molecule has 0 bridgehead atoms. The van der Waals surface area contributed by atoms with Gasteiger partial charge in [-0.15, -0.1) is 0 Å². The second-order valence-corrected chi connectivity index (χ2v) is 3.54. The SMILES string of the molecule is C=C(N=C/C(=C\C)CC)OC1CCC1. The summed E-state index contributed by atoms with van der Waals surface area (Å²) in [5, 5.41) is 0. The van der Waals surface area contributed by atoms with E-state index >= 15 is 0 Å². The molecule has 0 aromatic rings. The van der Waals surface area contributed by atoms with E-state index in [0.29, 0.717) is 12.0 Å². The molecule has 0 amide bonds. The molecule has 1 fully saturated rings. The van der Waals surface area contributed by atoms with Crippen molar-refractivity contribution in [2.45, 2.75) is 45.6 Å². The average molecular weight is 193 g/mol. The minimum atomic E-state index is 0.371. The van der Waals surface area contributed by atoms with E-state index in [0.717, 1.165) is 19.3 Å². The van der Waals surface area contributed by atoms with Gasteiger partial charge in [-0.25, -0.2) is 4.99 Å². The van der Waals surface area contributed by atoms with E-state index in [1.54, 1.807) is 0 Å². The van der Waals surface area contributed by atoms with Crippen molar-refractivity contribution in [3.63, 3.8) is 0 Å². The highest BCUT2D eigenvalue weighted by Crippen LogP contribution is 2.24. The molecule has 0 radical (unpaired) electrons. The summed E-state index contributed by atoms with van der Waals surface area (Å²) in [5.41, 5.74) is 1.21. The Bertz CT molecular complexity index is 249. The molecule has 0 saturated heterocycles. The Morgan fingerprint density at radius 3 is 2.71 bits per heavy atom. The van der Waals surface area contributed by atoms with Crippen molar-refractivity contribution >= 4 is 6.21 Å². The van der Waals surface area contributed by atoms with E-state index < -0.39 is 0 Å². The van der Waals surface area contributed by atoms with Crippen LogP contribution in [0.1, 0.15) is 39.5 Å². The van der Waals surface area contributed by atoms with Crippen LogP contribution in [-0.4, -0.2) is 12.3 Å². The zero-order chi connectivity index (χ0) is 10.4. The lowest BCUT2D eigenvalue weighted by molar-refractivity contribution is 0.0523. The van der Waals surface area contributed by atoms with Gasteiger partial charge in [-0.2, -0.15) is 0 Å². The van der Waals surface area contributed by atoms with Crippen molar-refractivity contribution in [1.29, 1.82) is 0 Å². The smallest absolute Gasteiger partial charge is 0.205 e. The van der Waals surface area contributed by atoms with Crippen LogP contribution in [-0.2, 0) is 4.74 Å². The van der Waals surface area contributed by atoms with Crippen molar-refractivity contribution in [2.24, 2.45) is 4.99 Å². The molecule has 1 saturated carbocycles. The number of ether oxygens (including phenoxy) is 1. The van der Waals surface area contributed by atoms with E-state index in [1.165, 1.54) is 12.0 Å². The number of nitrogens with zero attached hydrogens (tertiary/aromatic N) is 1. The molecular formula is C12H19NO. The fourth-order valence-corrected chi connectivity index (χ4v) is 1.24. The van der Waals surface area contributed by atoms with Crippen molar-refractivity contribution in [3.8, 4) is 0 Å². The van der Waals surface area contributed by atoms with Crippen LogP contribution >= 0.6 is 0 Å². The maximum absolute atomic E-state index is 5.51. The maximum atomic E-state index is 5.51. The summed E-state index contributed by atoms with van der Waals surface area (Å²) in [6, 6.07) is 0. The van der Waals surface area contributed by atoms with E-state index in [1.807, 2.05) is 13.1 Å². The van der Waals surface area contributed by atoms with E-state index in [2.05, 4.69) is 24.6 Å². The number of hydrogen-bond acceptors (Lipinski definition) is 2. The summed E-state index contributed by atoms with van der Waals surface area (Å²) in [7, 11) is 0. The molecule has 2 heteroatoms. The van der Waals surface area contributed by atoms with E-state index in [4.69, 9.17) is 4.74 Å². The molecule has 0 unspecified atom stereocenters. The zero-order valence-electron chi connectivity index (χ0n) is 9.12. The number of hydrogen-bond donors (Lipinski definition) is 0. The van der Waals surface area contributed by atoms with Gasteiger partial charge in [0.15, 0.2) is 0 Å². The first-order chi connectivity index (χ1) is 6.76. The Kier molecular flexibility index (Phi) is 4.44. The van der Waals surface area contributed by atoms with Crippen LogP contribution in [0.4, 0.5) is 0 Å². The van der Waals surface area contributed by atoms with Crippen molar-refractivity contribution in [3.05, 3.63) is 24.1 Å². The van der Waals surface area contributed by atoms with Gasteiger partial charge in [0, 0.05) is 6.21 Å². The molecule has 0 atom stereocenters. The topological polar surface area (TPSA) is 21.6 Å². The summed E-state index contributed by atoms with van der Waals surface area (Å²) in [5.74, 6) is 0.544. The van der Waals surface area contributed by atoms with Crippen molar-refractivity contribution in [1.82, 2.24) is 0 Å². The van der Waals surface area contributed by atoms with Crippen LogP contribution in [0.25, 0.3) is 0 Å². The predicted octanol–water partition coefficient (Wildman–Crippen LogP) is 3.45. The zero-order valence-corrected chi connectivity index (χ0v) is 9.12. The molecule has 0 aromatic heterocycles. The van der Waals surface area contributed by atoms with E-state index in [-0.39, 0.29) is 0 Å². The number of aliphatic imine (C=N–C) groups is 1. The molecule has 1 aliphatic carbocycles. The van der Waals surface area contributed by atoms with Gasteiger partial charge in [-0.3, -0.25) is 0 Å². The summed E-state index contributed by atoms with van der Waals surface area (Å²) in [6.07, 6.45) is 8.84. The molecule has 0 aromatic carbocycles. The van der Waals surface area contributed by atoms with Gasteiger partial charge in [0.25, 0.3) is 0 Å². The second kappa shape index (κ2) is 5.63. The lowest BCUT2D eigenvalue weighted by Crippen LogP contribution is -2.20. The first-order valence-electron chi connectivity index (χ1n) is 5.31. The monoisotopic (exact) mass is 193 g/mol. The summed E-state index contributed by atoms with van der Waals surface area (Å²) < 4.78 is 5.51. The third-order valence-corrected chi connectivity index (χ3v) is 2.51. The Morgan fingerprint density at radius 2 is 2.29 bits per heavy atom. The molecule has 78 valence electrons. The fourth-order valence-electron chi connectivity index (χ4n) is 1.24. The van der Waals surface area contributed by atoms with E-state index in [9.17, 15) is 0 Å². The van der Waals surface area contributed by atoms with Gasteiger partial charge in [0.05, 0.1) is 0 Å². The van der Waals surface area contributed by atoms with Crippen LogP contribution < -0.4 is 0 Å². The molecular weight excluding hydrogens is 174 g/mol. The van der Waals surface area contributed by atoms with Gasteiger partial charge in [0.1, 0.15) is 6.10 Å². The first-order valence-corrected chi connectivity index (χ1v) is 5.31. The van der Waals surface area contributed by atoms with Gasteiger partial charge in [-0.1, -0.05) is 13.0 Å². The second-order valence-electron chi connectivity index (χ2n) is 3.54. The van der Waals surface area contributed by atoms with Gasteiger partial charge in [0.2, 0.25) is 5.88 Å². The Balaban J connectivity index is 2.31. The summed E-state index contributed by atoms with van der Waals surface area (Å²) in [4.78, 5) is 4.18. The van der Waals surface area contributed by atoms with Gasteiger partial charge in [-0.05, 0) is 44.8 Å². The van der Waals surface area contributed by atoms with Crippen LogP contribution in [0.3, 0.4) is 0 Å². The first kappa shape index (κ1) is 11.0. The van der Waals surface area contributed by atoms with Crippen LogP contribution in [0, 0.1) is 0 Å². The lowest BCUT2D eigenvalue weighted by atomic mass is 9.96.